The number of Topliss-reactive ketones (excluding diaryl/α,β-unsaturated/α-hetero) is 1. The van der Waals surface area contributed by atoms with E-state index in [0.29, 0.717) is 11.1 Å². The van der Waals surface area contributed by atoms with Crippen LogP contribution in [0, 0.1) is 6.92 Å². The van der Waals surface area contributed by atoms with Gasteiger partial charge in [0.2, 0.25) is 11.5 Å². The Morgan fingerprint density at radius 3 is 2.32 bits per heavy atom. The van der Waals surface area contributed by atoms with Crippen molar-refractivity contribution in [2.75, 3.05) is 6.54 Å². The van der Waals surface area contributed by atoms with Crippen LogP contribution in [-0.2, 0) is 11.3 Å². The van der Waals surface area contributed by atoms with Crippen LogP contribution in [0.2, 0.25) is 0 Å². The molecule has 1 aliphatic carbocycles. The average molecular weight is 454 g/mol. The molecule has 2 aliphatic rings. The van der Waals surface area contributed by atoms with E-state index in [-0.39, 0.29) is 11.5 Å². The van der Waals surface area contributed by atoms with E-state index in [4.69, 9.17) is 0 Å². The molecule has 0 saturated heterocycles. The van der Waals surface area contributed by atoms with E-state index in [9.17, 15) is 9.90 Å². The number of aromatic nitrogens is 1. The molecule has 0 atom stereocenters. The van der Waals surface area contributed by atoms with Crippen LogP contribution in [0.1, 0.15) is 63.3 Å². The molecule has 5 rings (SSSR count). The van der Waals surface area contributed by atoms with Crippen molar-refractivity contribution in [3.8, 4) is 0 Å². The van der Waals surface area contributed by atoms with Crippen molar-refractivity contribution in [3.05, 3.63) is 76.7 Å². The monoisotopic (exact) mass is 453 g/mol. The van der Waals surface area contributed by atoms with Gasteiger partial charge in [0, 0.05) is 48.1 Å². The number of aliphatic hydroxyl groups is 1. The van der Waals surface area contributed by atoms with Crippen molar-refractivity contribution in [2.45, 2.75) is 59.9 Å². The molecule has 174 valence electrons. The lowest BCUT2D eigenvalue weighted by Crippen LogP contribution is -2.25. The van der Waals surface area contributed by atoms with Gasteiger partial charge in [0.25, 0.3) is 0 Å². The van der Waals surface area contributed by atoms with E-state index in [2.05, 4.69) is 61.1 Å². The predicted octanol–water partition coefficient (Wildman–Crippen LogP) is 6.97. The summed E-state index contributed by atoms with van der Waals surface area (Å²) in [4.78, 5) is 13.7. The van der Waals surface area contributed by atoms with E-state index < -0.39 is 0 Å². The van der Waals surface area contributed by atoms with Gasteiger partial charge in [-0.15, -0.1) is 0 Å². The maximum Gasteiger partial charge on any atom is 0.213 e. The summed E-state index contributed by atoms with van der Waals surface area (Å²) >= 11 is 0. The van der Waals surface area contributed by atoms with Crippen LogP contribution >= 0.6 is 0 Å². The minimum Gasteiger partial charge on any atom is -0.506 e. The van der Waals surface area contributed by atoms with Crippen molar-refractivity contribution in [2.24, 2.45) is 0 Å². The second kappa shape index (κ2) is 8.75. The number of hydrogen-bond acceptors (Lipinski definition) is 2. The summed E-state index contributed by atoms with van der Waals surface area (Å²) in [7, 11) is 0. The van der Waals surface area contributed by atoms with E-state index in [1.54, 1.807) is 0 Å². The fourth-order valence-corrected chi connectivity index (χ4v) is 5.57. The maximum absolute atomic E-state index is 13.7. The second-order valence-electron chi connectivity index (χ2n) is 9.39. The Labute approximate surface area is 201 Å². The van der Waals surface area contributed by atoms with Gasteiger partial charge in [-0.1, -0.05) is 57.0 Å². The number of nitrogens with zero attached hydrogens (tertiary/aromatic N) is 2. The van der Waals surface area contributed by atoms with Gasteiger partial charge in [-0.3, -0.25) is 4.79 Å². The number of fused-ring (bicyclic) bond motifs is 2. The predicted molar refractivity (Wildman–Crippen MR) is 140 cm³/mol. The number of hydrogen-bond donors (Lipinski definition) is 1. The van der Waals surface area contributed by atoms with Gasteiger partial charge in [0.1, 0.15) is 12.3 Å². The lowest BCUT2D eigenvalue weighted by Gasteiger charge is -2.23. The molecule has 0 bridgehead atoms. The number of aliphatic hydroxyl groups excluding tert-OH is 1. The third-order valence-electron chi connectivity index (χ3n) is 7.36. The van der Waals surface area contributed by atoms with Gasteiger partial charge in [0.15, 0.2) is 5.71 Å². The summed E-state index contributed by atoms with van der Waals surface area (Å²) in [6.07, 6.45) is 4.36. The SMILES string of the molecule is CCCCn1c(C)c(C2=C(O)C(=C3C(C)=[N+](CCCC)c4ccccc43)C2=O)c2ccccc21. The van der Waals surface area contributed by atoms with Gasteiger partial charge in [-0.05, 0) is 25.5 Å². The summed E-state index contributed by atoms with van der Waals surface area (Å²) in [6.45, 7) is 10.3. The fourth-order valence-electron chi connectivity index (χ4n) is 5.57. The maximum atomic E-state index is 13.7. The highest BCUT2D eigenvalue weighted by Crippen LogP contribution is 2.47. The van der Waals surface area contributed by atoms with Crippen LogP contribution in [0.5, 0.6) is 0 Å². The molecule has 1 aliphatic heterocycles. The number of rotatable bonds is 7. The molecule has 3 aromatic rings. The zero-order valence-corrected chi connectivity index (χ0v) is 20.6. The number of para-hydroxylation sites is 2. The summed E-state index contributed by atoms with van der Waals surface area (Å²) in [6, 6.07) is 16.4. The highest BCUT2D eigenvalue weighted by molar-refractivity contribution is 6.47. The largest absolute Gasteiger partial charge is 0.506 e. The van der Waals surface area contributed by atoms with Crippen LogP contribution in [0.15, 0.2) is 59.9 Å². The molecule has 1 N–H and O–H groups in total. The van der Waals surface area contributed by atoms with Crippen molar-refractivity contribution < 1.29 is 14.5 Å². The Bertz CT molecular complexity index is 1410. The summed E-state index contributed by atoms with van der Waals surface area (Å²) in [5, 5.41) is 12.4. The van der Waals surface area contributed by atoms with Crippen molar-refractivity contribution in [1.29, 1.82) is 0 Å². The Kier molecular flexibility index (Phi) is 5.76. The first kappa shape index (κ1) is 22.4. The number of benzene rings is 2. The van der Waals surface area contributed by atoms with Crippen LogP contribution in [-0.4, -0.2) is 32.3 Å². The van der Waals surface area contributed by atoms with Crippen molar-refractivity contribution >= 4 is 39.2 Å². The molecule has 34 heavy (non-hydrogen) atoms. The first-order valence-electron chi connectivity index (χ1n) is 12.5. The summed E-state index contributed by atoms with van der Waals surface area (Å²) in [5.74, 6) is 0.0773. The normalized spacial score (nSPS) is 17.7. The minimum absolute atomic E-state index is 0.0551. The van der Waals surface area contributed by atoms with Crippen LogP contribution in [0.25, 0.3) is 22.0 Å². The quantitative estimate of drug-likeness (QED) is 0.310. The van der Waals surface area contributed by atoms with Gasteiger partial charge in [-0.25, -0.2) is 0 Å². The highest BCUT2D eigenvalue weighted by Gasteiger charge is 2.44. The van der Waals surface area contributed by atoms with E-state index in [1.807, 2.05) is 24.3 Å². The Morgan fingerprint density at radius 2 is 1.59 bits per heavy atom. The lowest BCUT2D eigenvalue weighted by molar-refractivity contribution is -0.437. The van der Waals surface area contributed by atoms with Crippen molar-refractivity contribution in [3.63, 3.8) is 0 Å². The van der Waals surface area contributed by atoms with Gasteiger partial charge in [-0.2, -0.15) is 4.58 Å². The molecule has 0 saturated carbocycles. The molecule has 0 spiro atoms. The number of aryl methyl sites for hydroxylation is 1. The van der Waals surface area contributed by atoms with E-state index in [1.165, 1.54) is 0 Å². The van der Waals surface area contributed by atoms with E-state index in [0.717, 1.165) is 83.5 Å². The third kappa shape index (κ3) is 3.19. The molecule has 1 aromatic heterocycles. The fraction of sp³-hybridized carbons (Fsp3) is 0.333. The van der Waals surface area contributed by atoms with E-state index >= 15 is 0 Å². The minimum atomic E-state index is -0.0551. The molecule has 0 amide bonds. The highest BCUT2D eigenvalue weighted by atomic mass is 16.3. The molecule has 0 fully saturated rings. The first-order chi connectivity index (χ1) is 16.5. The summed E-state index contributed by atoms with van der Waals surface area (Å²) in [5.41, 5.74) is 8.06. The lowest BCUT2D eigenvalue weighted by atomic mass is 9.78. The number of carbonyl (C=O) groups is 1. The number of carbonyl (C=O) groups excluding carboxylic acids is 1. The number of unbranched alkanes of at least 4 members (excludes halogenated alkanes) is 2. The molecular formula is C30H33N2O2+. The average Bonchev–Trinajstić information content (AvgIpc) is 3.27. The molecule has 0 unspecified atom stereocenters. The van der Waals surface area contributed by atoms with Crippen LogP contribution in [0.3, 0.4) is 0 Å². The Morgan fingerprint density at radius 1 is 0.882 bits per heavy atom. The molecule has 4 heteroatoms. The number of ketones is 1. The van der Waals surface area contributed by atoms with Crippen molar-refractivity contribution in [1.82, 2.24) is 4.57 Å². The standard InChI is InChI=1S/C30H32N2O2/c1-5-7-17-31-19(3)25(21-13-9-11-15-23(21)31)27-29(33)28(30(27)34)26-20(4)32(18-8-6-2)24-16-12-10-14-22(24)26/h9-16H,5-8,17-18H2,1-4H3/p+1. The molecule has 4 nitrogen and oxygen atoms in total. The second-order valence-corrected chi connectivity index (χ2v) is 9.39. The van der Waals surface area contributed by atoms with Gasteiger partial charge in [0.05, 0.1) is 22.3 Å². The molecule has 2 aromatic carbocycles. The first-order valence-corrected chi connectivity index (χ1v) is 12.5. The zero-order chi connectivity index (χ0) is 24.0. The third-order valence-corrected chi connectivity index (χ3v) is 7.36. The summed E-state index contributed by atoms with van der Waals surface area (Å²) < 4.78 is 4.59. The van der Waals surface area contributed by atoms with Crippen LogP contribution < -0.4 is 0 Å². The number of allylic oxidation sites excluding steroid dienone is 3. The Balaban J connectivity index is 1.70. The molecule has 2 heterocycles. The Hall–Kier alpha value is -3.40. The van der Waals surface area contributed by atoms with Gasteiger partial charge < -0.3 is 9.67 Å². The zero-order valence-electron chi connectivity index (χ0n) is 20.6. The molecule has 0 radical (unpaired) electrons. The van der Waals surface area contributed by atoms with Crippen LogP contribution in [0.4, 0.5) is 5.69 Å². The topological polar surface area (TPSA) is 45.2 Å². The molecular weight excluding hydrogens is 420 g/mol. The smallest absolute Gasteiger partial charge is 0.213 e. The van der Waals surface area contributed by atoms with Gasteiger partial charge >= 0.3 is 0 Å².